The summed E-state index contributed by atoms with van der Waals surface area (Å²) in [6.07, 6.45) is -4.60. The number of alkyl halides is 3. The van der Waals surface area contributed by atoms with E-state index >= 15 is 0 Å². The van der Waals surface area contributed by atoms with Crippen molar-refractivity contribution < 1.29 is 37.8 Å². The van der Waals surface area contributed by atoms with Gasteiger partial charge in [-0.25, -0.2) is 0 Å². The van der Waals surface area contributed by atoms with E-state index in [4.69, 9.17) is 15.1 Å². The molecule has 2 aromatic rings. The van der Waals surface area contributed by atoms with Crippen molar-refractivity contribution >= 4 is 22.8 Å². The molecule has 1 heterocycles. The van der Waals surface area contributed by atoms with Crippen LogP contribution >= 0.6 is 0 Å². The molecule has 0 radical (unpaired) electrons. The van der Waals surface area contributed by atoms with E-state index in [0.717, 1.165) is 38.5 Å². The minimum Gasteiger partial charge on any atom is -0.480 e. The number of hydrogen-bond donors (Lipinski definition) is 3. The van der Waals surface area contributed by atoms with Gasteiger partial charge in [-0.3, -0.25) is 14.4 Å². The van der Waals surface area contributed by atoms with E-state index in [1.54, 1.807) is 0 Å². The van der Waals surface area contributed by atoms with Crippen molar-refractivity contribution in [3.63, 3.8) is 0 Å². The summed E-state index contributed by atoms with van der Waals surface area (Å²) in [5.74, 6) is -2.37. The maximum atomic E-state index is 12.8. The van der Waals surface area contributed by atoms with Gasteiger partial charge in [-0.05, 0) is 24.3 Å². The van der Waals surface area contributed by atoms with Crippen LogP contribution in [0.15, 0.2) is 29.1 Å². The van der Waals surface area contributed by atoms with Crippen LogP contribution in [0.1, 0.15) is 15.9 Å². The number of carbonyl (C=O) groups excluding carboxylic acids is 1. The normalized spacial score (nSPS) is 10.7. The molecule has 0 fully saturated rings. The lowest BCUT2D eigenvalue weighted by atomic mass is 10.1. The average Bonchev–Trinajstić information content (AvgIpc) is 2.59. The largest absolute Gasteiger partial charge is 0.480 e. The number of rotatable bonds is 4. The number of carbonyl (C=O) groups is 2. The molecule has 11 heteroatoms. The Morgan fingerprint density at radius 2 is 1.85 bits per heavy atom. The zero-order valence-corrected chi connectivity index (χ0v) is 13.6. The Labute approximate surface area is 144 Å². The number of aliphatic hydroxyl groups is 1. The third-order valence-corrected chi connectivity index (χ3v) is 3.12. The third kappa shape index (κ3) is 4.51. The summed E-state index contributed by atoms with van der Waals surface area (Å²) in [7, 11) is 2.11. The number of halogens is 3. The number of nitrogens with one attached hydrogen (secondary N) is 1. The zero-order valence-electron chi connectivity index (χ0n) is 13.6. The predicted octanol–water partition coefficient (Wildman–Crippen LogP) is 0.502. The van der Waals surface area contributed by atoms with Gasteiger partial charge >= 0.3 is 12.1 Å². The van der Waals surface area contributed by atoms with E-state index in [0.29, 0.717) is 4.73 Å². The van der Waals surface area contributed by atoms with Gasteiger partial charge in [0, 0.05) is 12.5 Å². The van der Waals surface area contributed by atoms with Crippen LogP contribution in [0.2, 0.25) is 0 Å². The number of aliphatic carboxylic acids is 1. The van der Waals surface area contributed by atoms with E-state index in [-0.39, 0.29) is 10.9 Å². The second-order valence-corrected chi connectivity index (χ2v) is 4.69. The minimum absolute atomic E-state index is 0.0327. The highest BCUT2D eigenvalue weighted by atomic mass is 19.4. The van der Waals surface area contributed by atoms with Gasteiger partial charge < -0.3 is 20.4 Å². The number of carboxylic acids is 1. The van der Waals surface area contributed by atoms with Crippen LogP contribution in [0.5, 0.6) is 0 Å². The smallest absolute Gasteiger partial charge is 0.416 e. The molecule has 0 saturated heterocycles. The molecule has 0 atom stereocenters. The third-order valence-electron chi connectivity index (χ3n) is 3.12. The predicted molar refractivity (Wildman–Crippen MR) is 83.8 cm³/mol. The first-order valence-electron chi connectivity index (χ1n) is 6.91. The van der Waals surface area contributed by atoms with Gasteiger partial charge in [0.2, 0.25) is 0 Å². The number of nitrogens with zero attached hydrogens (tertiary/aromatic N) is 1. The van der Waals surface area contributed by atoms with Crippen LogP contribution < -0.4 is 15.7 Å². The highest BCUT2D eigenvalue weighted by molar-refractivity contribution is 5.98. The number of hydrogen-bond acceptors (Lipinski definition) is 5. The molecule has 142 valence electrons. The SMILES string of the molecule is CO.COn1c(=O)c(C(=O)NCC(=O)O)cc2cc(C(F)(F)F)ccc21. The number of aromatic nitrogens is 1. The minimum atomic E-state index is -4.60. The van der Waals surface area contributed by atoms with Gasteiger partial charge in [0.25, 0.3) is 11.5 Å². The summed E-state index contributed by atoms with van der Waals surface area (Å²) >= 11 is 0. The molecular formula is C15H15F3N2O6. The monoisotopic (exact) mass is 376 g/mol. The van der Waals surface area contributed by atoms with Crippen molar-refractivity contribution in [3.8, 4) is 0 Å². The Balaban J connectivity index is 0.00000163. The highest BCUT2D eigenvalue weighted by Gasteiger charge is 2.31. The maximum absolute atomic E-state index is 12.8. The Morgan fingerprint density at radius 3 is 2.35 bits per heavy atom. The van der Waals surface area contributed by atoms with Crippen molar-refractivity contribution in [1.29, 1.82) is 0 Å². The molecular weight excluding hydrogens is 361 g/mol. The van der Waals surface area contributed by atoms with E-state index in [2.05, 4.69) is 0 Å². The first kappa shape index (κ1) is 21.0. The standard InChI is InChI=1S/C14H11F3N2O5.CH4O/c1-24-19-10-3-2-8(14(15,16)17)4-7(10)5-9(13(19)23)12(22)18-6-11(20)21;1-2/h2-5H,6H2,1H3,(H,18,22)(H,20,21);2H,1H3. The number of amides is 1. The van der Waals surface area contributed by atoms with Crippen LogP contribution in [0.4, 0.5) is 13.2 Å². The fourth-order valence-corrected chi connectivity index (χ4v) is 2.06. The molecule has 2 rings (SSSR count). The molecule has 26 heavy (non-hydrogen) atoms. The van der Waals surface area contributed by atoms with Crippen LogP contribution in [0, 0.1) is 0 Å². The maximum Gasteiger partial charge on any atom is 0.416 e. The summed E-state index contributed by atoms with van der Waals surface area (Å²) in [6.45, 7) is -0.744. The lowest BCUT2D eigenvalue weighted by Gasteiger charge is -2.13. The van der Waals surface area contributed by atoms with E-state index in [1.165, 1.54) is 0 Å². The Hall–Kier alpha value is -3.08. The lowest BCUT2D eigenvalue weighted by molar-refractivity contribution is -0.137. The van der Waals surface area contributed by atoms with Crippen LogP contribution in [0.25, 0.3) is 10.9 Å². The first-order valence-corrected chi connectivity index (χ1v) is 6.91. The molecule has 0 aliphatic heterocycles. The Morgan fingerprint density at radius 1 is 1.23 bits per heavy atom. The summed E-state index contributed by atoms with van der Waals surface area (Å²) < 4.78 is 39.1. The van der Waals surface area contributed by atoms with Crippen molar-refractivity contribution in [2.75, 3.05) is 20.8 Å². The number of fused-ring (bicyclic) bond motifs is 1. The molecule has 1 aromatic carbocycles. The van der Waals surface area contributed by atoms with E-state index in [9.17, 15) is 27.6 Å². The summed E-state index contributed by atoms with van der Waals surface area (Å²) in [5.41, 5.74) is -2.39. The molecule has 0 unspecified atom stereocenters. The fourth-order valence-electron chi connectivity index (χ4n) is 2.06. The molecule has 1 amide bonds. The van der Waals surface area contributed by atoms with Crippen molar-refractivity contribution in [2.45, 2.75) is 6.18 Å². The van der Waals surface area contributed by atoms with Crippen molar-refractivity contribution in [1.82, 2.24) is 10.0 Å². The highest BCUT2D eigenvalue weighted by Crippen LogP contribution is 2.31. The molecule has 3 N–H and O–H groups in total. The molecule has 0 aliphatic carbocycles. The second kappa shape index (κ2) is 8.34. The molecule has 0 saturated carbocycles. The average molecular weight is 376 g/mol. The summed E-state index contributed by atoms with van der Waals surface area (Å²) in [6, 6.07) is 3.54. The first-order chi connectivity index (χ1) is 12.1. The summed E-state index contributed by atoms with van der Waals surface area (Å²) in [4.78, 5) is 39.4. The molecule has 8 nitrogen and oxygen atoms in total. The number of aliphatic hydroxyl groups excluding tert-OH is 1. The Kier molecular flexibility index (Phi) is 6.72. The van der Waals surface area contributed by atoms with Crippen LogP contribution in [-0.2, 0) is 11.0 Å². The number of pyridine rings is 1. The molecule has 0 aliphatic rings. The molecule has 0 spiro atoms. The van der Waals surface area contributed by atoms with Gasteiger partial charge in [-0.1, -0.05) is 0 Å². The molecule has 1 aromatic heterocycles. The van der Waals surface area contributed by atoms with Crippen LogP contribution in [-0.4, -0.2) is 47.6 Å². The fraction of sp³-hybridized carbons (Fsp3) is 0.267. The second-order valence-electron chi connectivity index (χ2n) is 4.69. The van der Waals surface area contributed by atoms with E-state index in [1.807, 2.05) is 5.32 Å². The van der Waals surface area contributed by atoms with Gasteiger partial charge in [0.1, 0.15) is 19.2 Å². The number of benzene rings is 1. The van der Waals surface area contributed by atoms with Gasteiger partial charge in [-0.2, -0.15) is 13.2 Å². The quantitative estimate of drug-likeness (QED) is 0.715. The van der Waals surface area contributed by atoms with Crippen LogP contribution in [0.3, 0.4) is 0 Å². The van der Waals surface area contributed by atoms with Gasteiger partial charge in [0.05, 0.1) is 11.1 Å². The number of carboxylic acid groups (broad SMARTS) is 1. The summed E-state index contributed by atoms with van der Waals surface area (Å²) in [5, 5.41) is 17.4. The Bertz CT molecular complexity index is 876. The van der Waals surface area contributed by atoms with Crippen molar-refractivity contribution in [2.24, 2.45) is 0 Å². The zero-order chi connectivity index (χ0) is 20.1. The topological polar surface area (TPSA) is 118 Å². The van der Waals surface area contributed by atoms with Gasteiger partial charge in [-0.15, -0.1) is 4.73 Å². The van der Waals surface area contributed by atoms with Gasteiger partial charge in [0.15, 0.2) is 0 Å². The van der Waals surface area contributed by atoms with E-state index < -0.39 is 41.3 Å². The van der Waals surface area contributed by atoms with Crippen molar-refractivity contribution in [3.05, 3.63) is 45.7 Å². The lowest BCUT2D eigenvalue weighted by Crippen LogP contribution is -2.37. The molecule has 0 bridgehead atoms.